The van der Waals surface area contributed by atoms with E-state index in [1.54, 1.807) is 6.92 Å². The van der Waals surface area contributed by atoms with Crippen LogP contribution in [0.5, 0.6) is 0 Å². The minimum Gasteiger partial charge on any atom is -0.353 e. The van der Waals surface area contributed by atoms with Crippen molar-refractivity contribution in [2.24, 2.45) is 0 Å². The summed E-state index contributed by atoms with van der Waals surface area (Å²) in [4.78, 5) is 0. The molecule has 1 unspecified atom stereocenters. The monoisotopic (exact) mass is 182 g/mol. The fourth-order valence-corrected chi connectivity index (χ4v) is 2.87. The van der Waals surface area contributed by atoms with Gasteiger partial charge in [-0.15, -0.1) is 0 Å². The third-order valence-corrected chi connectivity index (χ3v) is 4.29. The van der Waals surface area contributed by atoms with Gasteiger partial charge in [0.1, 0.15) is 0 Å². The molecule has 0 aliphatic rings. The normalized spacial score (nSPS) is 15.2. The Hall–Kier alpha value is 0.367. The summed E-state index contributed by atoms with van der Waals surface area (Å²) in [7, 11) is -3.84. The van der Waals surface area contributed by atoms with E-state index >= 15 is 0 Å². The summed E-state index contributed by atoms with van der Waals surface area (Å²) in [5.41, 5.74) is 0. The van der Waals surface area contributed by atoms with E-state index < -0.39 is 16.6 Å². The van der Waals surface area contributed by atoms with Crippen molar-refractivity contribution in [1.82, 2.24) is 0 Å². The van der Waals surface area contributed by atoms with Crippen LogP contribution in [-0.2, 0) is 13.3 Å². The van der Waals surface area contributed by atoms with Crippen LogP contribution in [0.25, 0.3) is 0 Å². The lowest BCUT2D eigenvalue weighted by Gasteiger charge is -2.15. The van der Waals surface area contributed by atoms with E-state index in [0.29, 0.717) is 6.61 Å². The zero-order valence-corrected chi connectivity index (χ0v) is 8.93. The molecule has 0 heterocycles. The van der Waals surface area contributed by atoms with E-state index in [1.165, 1.54) is 0 Å². The molecule has 10 heavy (non-hydrogen) atoms. The van der Waals surface area contributed by atoms with Gasteiger partial charge < -0.3 is 8.74 Å². The van der Waals surface area contributed by atoms with Crippen LogP contribution in [0, 0.1) is 0 Å². The van der Waals surface area contributed by atoms with Gasteiger partial charge in [0.25, 0.3) is 0 Å². The average Bonchev–Trinajstić information content (AvgIpc) is 1.59. The molecule has 0 amide bonds. The number of hydrogen-bond donors (Lipinski definition) is 0. The minimum atomic E-state index is -2.19. The van der Waals surface area contributed by atoms with Gasteiger partial charge in [0.05, 0.1) is 6.61 Å². The Labute approximate surface area is 63.8 Å². The fraction of sp³-hybridized carbons (Fsp3) is 1.00. The third-order valence-electron chi connectivity index (χ3n) is 0.652. The van der Waals surface area contributed by atoms with Gasteiger partial charge in [0, 0.05) is 0 Å². The highest BCUT2D eigenvalue weighted by molar-refractivity contribution is 7.35. The van der Waals surface area contributed by atoms with Crippen molar-refractivity contribution in [3.63, 3.8) is 0 Å². The SMILES string of the molecule is CCO[PH](=O)O[Si](C)(C)C. The molecular formula is C5H15O3PSi. The van der Waals surface area contributed by atoms with Gasteiger partial charge in [0.2, 0.25) is 0 Å². The van der Waals surface area contributed by atoms with Crippen molar-refractivity contribution >= 4 is 16.6 Å². The van der Waals surface area contributed by atoms with Crippen molar-refractivity contribution in [1.29, 1.82) is 0 Å². The van der Waals surface area contributed by atoms with Crippen LogP contribution >= 0.6 is 8.25 Å². The summed E-state index contributed by atoms with van der Waals surface area (Å²) in [6.07, 6.45) is 0. The molecule has 5 heteroatoms. The zero-order valence-electron chi connectivity index (χ0n) is 6.93. The van der Waals surface area contributed by atoms with Crippen molar-refractivity contribution < 1.29 is 13.3 Å². The van der Waals surface area contributed by atoms with Crippen LogP contribution in [0.4, 0.5) is 0 Å². The average molecular weight is 182 g/mol. The van der Waals surface area contributed by atoms with Gasteiger partial charge in [0.15, 0.2) is 8.32 Å². The zero-order chi connectivity index (χ0) is 8.20. The quantitative estimate of drug-likeness (QED) is 0.494. The van der Waals surface area contributed by atoms with Crippen LogP contribution < -0.4 is 0 Å². The molecule has 0 aliphatic carbocycles. The van der Waals surface area contributed by atoms with Gasteiger partial charge in [-0.3, -0.25) is 4.57 Å². The molecule has 0 aromatic heterocycles. The predicted octanol–water partition coefficient (Wildman–Crippen LogP) is 2.26. The first-order chi connectivity index (χ1) is 4.45. The second kappa shape index (κ2) is 4.29. The predicted molar refractivity (Wildman–Crippen MR) is 45.1 cm³/mol. The lowest BCUT2D eigenvalue weighted by molar-refractivity contribution is 0.301. The maximum atomic E-state index is 10.8. The fourth-order valence-electron chi connectivity index (χ4n) is 0.397. The molecule has 0 saturated carbocycles. The topological polar surface area (TPSA) is 35.5 Å². The molecule has 0 aliphatic heterocycles. The lowest BCUT2D eigenvalue weighted by atomic mass is 10.9. The second-order valence-corrected chi connectivity index (χ2v) is 8.73. The standard InChI is InChI=1S/C5H15O3PSi/c1-5-7-9(6)8-10(2,3)4/h9H,5H2,1-4H3. The minimum absolute atomic E-state index is 0.461. The van der Waals surface area contributed by atoms with E-state index in [2.05, 4.69) is 0 Å². The van der Waals surface area contributed by atoms with Gasteiger partial charge in [-0.25, -0.2) is 0 Å². The first kappa shape index (κ1) is 10.4. The summed E-state index contributed by atoms with van der Waals surface area (Å²) in [6, 6.07) is 0. The Kier molecular flexibility index (Phi) is 4.44. The molecule has 0 saturated heterocycles. The molecule has 0 aromatic rings. The smallest absolute Gasteiger partial charge is 0.309 e. The van der Waals surface area contributed by atoms with E-state index in [1.807, 2.05) is 19.6 Å². The lowest BCUT2D eigenvalue weighted by Crippen LogP contribution is -2.21. The Morgan fingerprint density at radius 3 is 2.20 bits per heavy atom. The summed E-state index contributed by atoms with van der Waals surface area (Å²) in [5, 5.41) is 0. The van der Waals surface area contributed by atoms with Gasteiger partial charge in [-0.2, -0.15) is 0 Å². The summed E-state index contributed by atoms with van der Waals surface area (Å²) in [6.45, 7) is 8.20. The summed E-state index contributed by atoms with van der Waals surface area (Å²) in [5.74, 6) is 0. The molecule has 0 aromatic carbocycles. The highest BCUT2D eigenvalue weighted by Crippen LogP contribution is 2.28. The molecule has 0 rings (SSSR count). The van der Waals surface area contributed by atoms with Crippen molar-refractivity contribution in [3.8, 4) is 0 Å². The van der Waals surface area contributed by atoms with E-state index in [9.17, 15) is 4.57 Å². The molecule has 3 nitrogen and oxygen atoms in total. The molecule has 0 bridgehead atoms. The summed E-state index contributed by atoms with van der Waals surface area (Å²) < 4.78 is 20.8. The highest BCUT2D eigenvalue weighted by atomic mass is 31.1. The van der Waals surface area contributed by atoms with Crippen LogP contribution in [0.15, 0.2) is 0 Å². The molecule has 0 spiro atoms. The first-order valence-corrected chi connectivity index (χ1v) is 7.95. The Bertz CT molecular complexity index is 121. The first-order valence-electron chi connectivity index (χ1n) is 3.31. The van der Waals surface area contributed by atoms with Crippen LogP contribution in [0.2, 0.25) is 19.6 Å². The van der Waals surface area contributed by atoms with E-state index in [0.717, 1.165) is 0 Å². The molecule has 0 fully saturated rings. The van der Waals surface area contributed by atoms with Crippen molar-refractivity contribution in [2.45, 2.75) is 26.6 Å². The molecular weight excluding hydrogens is 167 g/mol. The molecule has 0 N–H and O–H groups in total. The van der Waals surface area contributed by atoms with E-state index in [4.69, 9.17) is 8.74 Å². The van der Waals surface area contributed by atoms with Crippen molar-refractivity contribution in [3.05, 3.63) is 0 Å². The highest BCUT2D eigenvalue weighted by Gasteiger charge is 2.17. The Morgan fingerprint density at radius 2 is 1.90 bits per heavy atom. The summed E-state index contributed by atoms with van der Waals surface area (Å²) >= 11 is 0. The van der Waals surface area contributed by atoms with Crippen LogP contribution in [0.3, 0.4) is 0 Å². The van der Waals surface area contributed by atoms with Gasteiger partial charge >= 0.3 is 8.25 Å². The largest absolute Gasteiger partial charge is 0.353 e. The van der Waals surface area contributed by atoms with Crippen LogP contribution in [0.1, 0.15) is 6.92 Å². The molecule has 0 radical (unpaired) electrons. The maximum Gasteiger partial charge on any atom is 0.309 e. The Balaban J connectivity index is 3.58. The third kappa shape index (κ3) is 6.49. The number of hydrogen-bond acceptors (Lipinski definition) is 3. The molecule has 1 atom stereocenters. The van der Waals surface area contributed by atoms with Crippen LogP contribution in [-0.4, -0.2) is 14.9 Å². The van der Waals surface area contributed by atoms with Crippen molar-refractivity contribution in [2.75, 3.05) is 6.61 Å². The van der Waals surface area contributed by atoms with E-state index in [-0.39, 0.29) is 0 Å². The second-order valence-electron chi connectivity index (χ2n) is 2.90. The number of rotatable bonds is 4. The Morgan fingerprint density at radius 1 is 1.40 bits per heavy atom. The van der Waals surface area contributed by atoms with Gasteiger partial charge in [-0.1, -0.05) is 0 Å². The van der Waals surface area contributed by atoms with Gasteiger partial charge in [-0.05, 0) is 26.6 Å². The molecule has 62 valence electrons. The maximum absolute atomic E-state index is 10.8.